The Morgan fingerprint density at radius 3 is 2.37 bits per heavy atom. The number of alkyl halides is 3. The average Bonchev–Trinajstić information content (AvgIpc) is 3.30. The van der Waals surface area contributed by atoms with Crippen LogP contribution in [-0.2, 0) is 10.9 Å². The van der Waals surface area contributed by atoms with Crippen LogP contribution in [0.5, 0.6) is 0 Å². The summed E-state index contributed by atoms with van der Waals surface area (Å²) in [5.41, 5.74) is 2.24. The van der Waals surface area contributed by atoms with Crippen molar-refractivity contribution in [2.45, 2.75) is 13.1 Å². The lowest BCUT2D eigenvalue weighted by molar-refractivity contribution is -0.136. The molecule has 1 heterocycles. The zero-order valence-corrected chi connectivity index (χ0v) is 15.0. The number of halogens is 3. The van der Waals surface area contributed by atoms with Crippen LogP contribution in [0.15, 0.2) is 42.5 Å². The summed E-state index contributed by atoms with van der Waals surface area (Å²) in [6.07, 6.45) is -4.17. The molecule has 0 radical (unpaired) electrons. The van der Waals surface area contributed by atoms with Gasteiger partial charge in [-0.3, -0.25) is 0 Å². The fraction of sp³-hybridized carbons (Fsp3) is 0.350. The number of carbonyl (C=O) groups excluding carboxylic acids is 1. The van der Waals surface area contributed by atoms with E-state index in [1.54, 1.807) is 0 Å². The van der Waals surface area contributed by atoms with Crippen molar-refractivity contribution in [2.75, 3.05) is 37.7 Å². The predicted octanol–water partition coefficient (Wildman–Crippen LogP) is 3.96. The summed E-state index contributed by atoms with van der Waals surface area (Å²) in [5.74, 6) is -0.235. The normalized spacial score (nSPS) is 14.9. The number of hydrogen-bond acceptors (Lipinski definition) is 4. The van der Waals surface area contributed by atoms with E-state index in [-0.39, 0.29) is 5.97 Å². The number of para-hydroxylation sites is 1. The van der Waals surface area contributed by atoms with Crippen LogP contribution in [0.4, 0.5) is 18.9 Å². The van der Waals surface area contributed by atoms with Crippen molar-refractivity contribution in [2.24, 2.45) is 0 Å². The summed E-state index contributed by atoms with van der Waals surface area (Å²) in [4.78, 5) is 14.1. The Balaban J connectivity index is 0.000000177. The van der Waals surface area contributed by atoms with E-state index in [9.17, 15) is 18.0 Å². The quantitative estimate of drug-likeness (QED) is 0.701. The molecule has 0 saturated carbocycles. The average molecular weight is 378 g/mol. The van der Waals surface area contributed by atoms with Gasteiger partial charge in [-0.05, 0) is 42.3 Å². The van der Waals surface area contributed by atoms with E-state index < -0.39 is 11.7 Å². The lowest BCUT2D eigenvalue weighted by Crippen LogP contribution is -2.44. The highest BCUT2D eigenvalue weighted by Gasteiger charge is 2.37. The maximum atomic E-state index is 11.9. The molecule has 0 unspecified atom stereocenters. The number of hydrogen-bond donors (Lipinski definition) is 1. The number of fused-ring (bicyclic) bond motifs is 1. The molecule has 0 spiro atoms. The second-order valence-electron chi connectivity index (χ2n) is 6.23. The smallest absolute Gasteiger partial charge is 0.417 e. The summed E-state index contributed by atoms with van der Waals surface area (Å²) in [6, 6.07) is 11.8. The first-order valence-electron chi connectivity index (χ1n) is 8.85. The molecule has 0 bridgehead atoms. The fourth-order valence-corrected chi connectivity index (χ4v) is 3.04. The highest BCUT2D eigenvalue weighted by molar-refractivity contribution is 5.95. The number of benzene rings is 2. The topological polar surface area (TPSA) is 41.6 Å². The zero-order valence-electron chi connectivity index (χ0n) is 15.0. The Labute approximate surface area is 155 Å². The maximum Gasteiger partial charge on any atom is 0.417 e. The third kappa shape index (κ3) is 4.60. The van der Waals surface area contributed by atoms with Crippen molar-refractivity contribution in [3.05, 3.63) is 53.6 Å². The number of nitrogens with one attached hydrogen (secondary N) is 1. The van der Waals surface area contributed by atoms with Crippen molar-refractivity contribution in [1.82, 2.24) is 5.32 Å². The molecular formula is C20H21F3N2O2. The van der Waals surface area contributed by atoms with Crippen LogP contribution < -0.4 is 10.2 Å². The van der Waals surface area contributed by atoms with E-state index in [0.29, 0.717) is 17.7 Å². The van der Waals surface area contributed by atoms with Crippen LogP contribution in [0, 0.1) is 0 Å². The van der Waals surface area contributed by atoms with Gasteiger partial charge in [0.25, 0.3) is 0 Å². The first kappa shape index (κ1) is 19.2. The van der Waals surface area contributed by atoms with Gasteiger partial charge in [0.05, 0.1) is 23.4 Å². The molecule has 1 fully saturated rings. The van der Waals surface area contributed by atoms with E-state index in [4.69, 9.17) is 4.74 Å². The number of carbonyl (C=O) groups is 1. The Morgan fingerprint density at radius 1 is 1.15 bits per heavy atom. The van der Waals surface area contributed by atoms with Gasteiger partial charge >= 0.3 is 12.1 Å². The Bertz CT molecular complexity index is 815. The van der Waals surface area contributed by atoms with Gasteiger partial charge in [-0.15, -0.1) is 0 Å². The Morgan fingerprint density at radius 2 is 1.85 bits per heavy atom. The van der Waals surface area contributed by atoms with Crippen molar-refractivity contribution in [3.8, 4) is 11.1 Å². The van der Waals surface area contributed by atoms with Crippen molar-refractivity contribution >= 4 is 11.7 Å². The van der Waals surface area contributed by atoms with E-state index in [1.807, 2.05) is 31.2 Å². The third-order valence-corrected chi connectivity index (χ3v) is 4.41. The first-order valence-corrected chi connectivity index (χ1v) is 8.85. The monoisotopic (exact) mass is 378 g/mol. The molecule has 3 aliphatic rings. The van der Waals surface area contributed by atoms with Gasteiger partial charge in [0, 0.05) is 26.2 Å². The summed E-state index contributed by atoms with van der Waals surface area (Å²) < 4.78 is 40.8. The van der Waals surface area contributed by atoms with Crippen LogP contribution in [0.3, 0.4) is 0 Å². The zero-order chi connectivity index (χ0) is 19.4. The van der Waals surface area contributed by atoms with Gasteiger partial charge in [-0.1, -0.05) is 18.2 Å². The molecule has 27 heavy (non-hydrogen) atoms. The molecule has 1 saturated heterocycles. The highest BCUT2D eigenvalue weighted by Crippen LogP contribution is 2.45. The minimum Gasteiger partial charge on any atom is -0.462 e. The van der Waals surface area contributed by atoms with Gasteiger partial charge in [0.15, 0.2) is 0 Å². The summed E-state index contributed by atoms with van der Waals surface area (Å²) >= 11 is 0. The molecule has 0 aromatic heterocycles. The lowest BCUT2D eigenvalue weighted by atomic mass is 10.1. The van der Waals surface area contributed by atoms with Gasteiger partial charge in [0.2, 0.25) is 0 Å². The lowest BCUT2D eigenvalue weighted by Gasteiger charge is -2.30. The summed E-state index contributed by atoms with van der Waals surface area (Å²) in [5, 5.41) is 3.30. The largest absolute Gasteiger partial charge is 0.462 e. The van der Waals surface area contributed by atoms with E-state index in [0.717, 1.165) is 43.5 Å². The standard InChI is InChI=1S/C13H18N2O2.C7H3F3/c1-2-17-13(16)11-5-3-4-6-12(11)15-9-7-14-8-10-15;8-7(9,10)6-2-1-4-3-5(4)6/h3-6,14H,2,7-10H2,1H3;1-3H. The summed E-state index contributed by atoms with van der Waals surface area (Å²) in [6.45, 7) is 6.00. The number of rotatable bonds is 3. The molecule has 1 aromatic rings. The van der Waals surface area contributed by atoms with Crippen LogP contribution >= 0.6 is 0 Å². The molecule has 4 nitrogen and oxygen atoms in total. The molecule has 0 atom stereocenters. The van der Waals surface area contributed by atoms with Gasteiger partial charge in [-0.2, -0.15) is 13.2 Å². The van der Waals surface area contributed by atoms with Crippen LogP contribution in [0.25, 0.3) is 11.1 Å². The number of ether oxygens (including phenoxy) is 1. The molecule has 1 aliphatic heterocycles. The SMILES string of the molecule is CCOC(=O)c1ccccc1N1CCNCC1.FC(F)(F)c1ccc2cc1-2. The molecule has 1 N–H and O–H groups in total. The highest BCUT2D eigenvalue weighted by atomic mass is 19.4. The van der Waals surface area contributed by atoms with Crippen molar-refractivity contribution in [1.29, 1.82) is 0 Å². The molecule has 4 rings (SSSR count). The number of esters is 1. The predicted molar refractivity (Wildman–Crippen MR) is 97.9 cm³/mol. The van der Waals surface area contributed by atoms with Gasteiger partial charge in [-0.25, -0.2) is 4.79 Å². The minimum absolute atomic E-state index is 0.235. The maximum absolute atomic E-state index is 11.9. The van der Waals surface area contributed by atoms with Gasteiger partial charge in [0.1, 0.15) is 0 Å². The van der Waals surface area contributed by atoms with Crippen molar-refractivity contribution < 1.29 is 22.7 Å². The van der Waals surface area contributed by atoms with E-state index in [2.05, 4.69) is 10.2 Å². The number of anilines is 1. The van der Waals surface area contributed by atoms with Crippen LogP contribution in [0.1, 0.15) is 22.8 Å². The minimum atomic E-state index is -4.17. The fourth-order valence-electron chi connectivity index (χ4n) is 3.04. The molecular weight excluding hydrogens is 357 g/mol. The van der Waals surface area contributed by atoms with Crippen LogP contribution in [0.2, 0.25) is 0 Å². The molecule has 0 amide bonds. The molecule has 1 aromatic carbocycles. The van der Waals surface area contributed by atoms with Crippen LogP contribution in [-0.4, -0.2) is 38.8 Å². The molecule has 144 valence electrons. The van der Waals surface area contributed by atoms with Gasteiger partial charge < -0.3 is 15.0 Å². The number of piperazine rings is 1. The Kier molecular flexibility index (Phi) is 5.70. The molecule has 2 aliphatic carbocycles. The second kappa shape index (κ2) is 8.00. The van der Waals surface area contributed by atoms with Crippen molar-refractivity contribution in [3.63, 3.8) is 0 Å². The summed E-state index contributed by atoms with van der Waals surface area (Å²) in [7, 11) is 0. The second-order valence-corrected chi connectivity index (χ2v) is 6.23. The van der Waals surface area contributed by atoms with E-state index in [1.165, 1.54) is 12.1 Å². The first-order chi connectivity index (χ1) is 12.9. The van der Waals surface area contributed by atoms with E-state index >= 15 is 0 Å². The number of nitrogens with zero attached hydrogens (tertiary/aromatic N) is 1. The Hall–Kier alpha value is -2.54. The molecule has 7 heteroatoms. The third-order valence-electron chi connectivity index (χ3n) is 4.41.